The number of nitrogen functional groups attached to an aromatic ring is 1. The molecule has 0 unspecified atom stereocenters. The molecule has 3 rings (SSSR count). The number of nitrogens with one attached hydrogen (secondary N) is 1. The lowest BCUT2D eigenvalue weighted by atomic mass is 9.68. The van der Waals surface area contributed by atoms with Crippen LogP contribution >= 0.6 is 0 Å². The maximum absolute atomic E-state index is 11.9. The third-order valence-corrected chi connectivity index (χ3v) is 7.75. The number of piperidine rings is 1. The van der Waals surface area contributed by atoms with E-state index in [0.717, 1.165) is 51.1 Å². The van der Waals surface area contributed by atoms with Crippen LogP contribution in [0.5, 0.6) is 0 Å². The number of carboxylic acid groups (broad SMARTS) is 2. The largest absolute Gasteiger partial charge is 0.481 e. The number of nitrogens with zero attached hydrogens (tertiary/aromatic N) is 3. The first-order chi connectivity index (χ1) is 15.7. The molecule has 182 valence electrons. The lowest BCUT2D eigenvalue weighted by Crippen LogP contribution is -2.66. The summed E-state index contributed by atoms with van der Waals surface area (Å²) in [7, 11) is 0. The number of likely N-dealkylation sites (tertiary alicyclic amines) is 1. The van der Waals surface area contributed by atoms with E-state index in [2.05, 4.69) is 23.6 Å². The highest BCUT2D eigenvalue weighted by atomic mass is 16.4. The van der Waals surface area contributed by atoms with E-state index in [1.807, 2.05) is 29.2 Å². The summed E-state index contributed by atoms with van der Waals surface area (Å²) in [6.07, 6.45) is 2.29. The monoisotopic (exact) mass is 459 g/mol. The first kappa shape index (κ1) is 25.0. The van der Waals surface area contributed by atoms with Crippen LogP contribution in [0.25, 0.3) is 0 Å². The quantitative estimate of drug-likeness (QED) is 0.325. The molecular formula is C24H37N5O4. The van der Waals surface area contributed by atoms with E-state index >= 15 is 0 Å². The van der Waals surface area contributed by atoms with Gasteiger partial charge in [0.2, 0.25) is 0 Å². The summed E-state index contributed by atoms with van der Waals surface area (Å²) in [5.41, 5.74) is 6.92. The van der Waals surface area contributed by atoms with Crippen LogP contribution < -0.4 is 10.6 Å². The van der Waals surface area contributed by atoms with Crippen molar-refractivity contribution in [1.82, 2.24) is 9.80 Å². The van der Waals surface area contributed by atoms with E-state index in [9.17, 15) is 19.8 Å². The molecule has 2 atom stereocenters. The Hall–Kier alpha value is -2.65. The van der Waals surface area contributed by atoms with Crippen LogP contribution in [0.2, 0.25) is 0 Å². The number of nitrogens with two attached hydrogens (primary N) is 1. The van der Waals surface area contributed by atoms with Crippen LogP contribution in [0.4, 0.5) is 5.69 Å². The highest BCUT2D eigenvalue weighted by Gasteiger charge is 2.50. The minimum atomic E-state index is -0.863. The Morgan fingerprint density at radius 1 is 1.03 bits per heavy atom. The van der Waals surface area contributed by atoms with Crippen molar-refractivity contribution < 1.29 is 19.8 Å². The Kier molecular flexibility index (Phi) is 7.97. The maximum atomic E-state index is 11.9. The summed E-state index contributed by atoms with van der Waals surface area (Å²) in [5, 5.41) is 26.8. The van der Waals surface area contributed by atoms with E-state index in [1.54, 1.807) is 0 Å². The molecule has 2 fully saturated rings. The van der Waals surface area contributed by atoms with Gasteiger partial charge in [0.25, 0.3) is 0 Å². The maximum Gasteiger partial charge on any atom is 0.317 e. The summed E-state index contributed by atoms with van der Waals surface area (Å²) in [6, 6.07) is 7.82. The van der Waals surface area contributed by atoms with Gasteiger partial charge in [0.1, 0.15) is 5.84 Å². The molecule has 1 aromatic rings. The highest BCUT2D eigenvalue weighted by Crippen LogP contribution is 2.43. The minimum Gasteiger partial charge on any atom is -0.481 e. The van der Waals surface area contributed by atoms with Crippen molar-refractivity contribution in [2.75, 3.05) is 44.2 Å². The van der Waals surface area contributed by atoms with Gasteiger partial charge in [0.15, 0.2) is 0 Å². The lowest BCUT2D eigenvalue weighted by molar-refractivity contribution is -0.149. The van der Waals surface area contributed by atoms with Gasteiger partial charge in [0, 0.05) is 61.5 Å². The smallest absolute Gasteiger partial charge is 0.317 e. The second kappa shape index (κ2) is 10.5. The van der Waals surface area contributed by atoms with E-state index in [4.69, 9.17) is 11.1 Å². The van der Waals surface area contributed by atoms with Crippen LogP contribution in [0, 0.1) is 11.3 Å². The van der Waals surface area contributed by atoms with Crippen LogP contribution in [0.3, 0.4) is 0 Å². The Morgan fingerprint density at radius 3 is 2.12 bits per heavy atom. The molecule has 0 spiro atoms. The molecule has 0 aromatic heterocycles. The highest BCUT2D eigenvalue weighted by molar-refractivity contribution is 5.95. The summed E-state index contributed by atoms with van der Waals surface area (Å²) >= 11 is 0. The third kappa shape index (κ3) is 5.30. The number of rotatable bonds is 9. The molecule has 0 saturated carbocycles. The van der Waals surface area contributed by atoms with Crippen LogP contribution in [-0.4, -0.2) is 88.6 Å². The van der Waals surface area contributed by atoms with Gasteiger partial charge < -0.3 is 20.8 Å². The van der Waals surface area contributed by atoms with Gasteiger partial charge in [-0.1, -0.05) is 13.8 Å². The van der Waals surface area contributed by atoms with Gasteiger partial charge in [-0.25, -0.2) is 0 Å². The zero-order valence-electron chi connectivity index (χ0n) is 19.7. The first-order valence-electron chi connectivity index (χ1n) is 11.8. The fourth-order valence-electron chi connectivity index (χ4n) is 6.04. The van der Waals surface area contributed by atoms with E-state index < -0.39 is 17.5 Å². The Balaban J connectivity index is 1.76. The molecule has 9 heteroatoms. The van der Waals surface area contributed by atoms with Crippen molar-refractivity contribution in [2.24, 2.45) is 11.7 Å². The van der Waals surface area contributed by atoms with Crippen molar-refractivity contribution >= 4 is 23.5 Å². The van der Waals surface area contributed by atoms with Gasteiger partial charge in [-0.3, -0.25) is 24.8 Å². The van der Waals surface area contributed by atoms with Crippen molar-refractivity contribution in [3.05, 3.63) is 29.8 Å². The average Bonchev–Trinajstić information content (AvgIpc) is 2.79. The zero-order chi connectivity index (χ0) is 24.2. The van der Waals surface area contributed by atoms with Gasteiger partial charge in [0.05, 0.1) is 13.0 Å². The average molecular weight is 460 g/mol. The number of aliphatic carboxylic acids is 2. The topological polar surface area (TPSA) is 134 Å². The Bertz CT molecular complexity index is 847. The molecule has 9 nitrogen and oxygen atoms in total. The third-order valence-electron chi connectivity index (χ3n) is 7.75. The Labute approximate surface area is 195 Å². The lowest BCUT2D eigenvalue weighted by Gasteiger charge is -2.57. The number of benzene rings is 1. The summed E-state index contributed by atoms with van der Waals surface area (Å²) in [5.74, 6) is -1.75. The SMILES string of the molecule is CCC1(CC)[C@@H](CC(=O)O)[C@@H](N2CCN(c3ccc(C(=N)N)cc3)CC2)CCN1CC(=O)O. The van der Waals surface area contributed by atoms with E-state index in [1.165, 1.54) is 0 Å². The summed E-state index contributed by atoms with van der Waals surface area (Å²) in [4.78, 5) is 30.2. The molecule has 0 bridgehead atoms. The zero-order valence-corrected chi connectivity index (χ0v) is 19.7. The second-order valence-corrected chi connectivity index (χ2v) is 9.17. The molecule has 33 heavy (non-hydrogen) atoms. The normalized spacial score (nSPS) is 23.9. The number of hydrogen-bond acceptors (Lipinski definition) is 6. The molecule has 5 N–H and O–H groups in total. The predicted octanol–water partition coefficient (Wildman–Crippen LogP) is 1.90. The molecule has 2 saturated heterocycles. The standard InChI is InChI=1S/C24H37N5O4/c1-3-24(4-2)19(15-21(30)31)20(9-10-29(24)16-22(32)33)28-13-11-27(12-14-28)18-7-5-17(6-8-18)23(25)26/h5-8,19-20H,3-4,9-16H2,1-2H3,(H3,25,26)(H,30,31)(H,32,33)/t19-,20-/m0/s1. The first-order valence-corrected chi connectivity index (χ1v) is 11.8. The number of hydrogen-bond donors (Lipinski definition) is 4. The van der Waals surface area contributed by atoms with Crippen LogP contribution in [-0.2, 0) is 9.59 Å². The molecule has 0 aliphatic carbocycles. The molecule has 1 aromatic carbocycles. The van der Waals surface area contributed by atoms with E-state index in [-0.39, 0.29) is 30.8 Å². The van der Waals surface area contributed by atoms with Crippen molar-refractivity contribution in [3.8, 4) is 0 Å². The minimum absolute atomic E-state index is 0.0471. The number of carbonyl (C=O) groups is 2. The fraction of sp³-hybridized carbons (Fsp3) is 0.625. The van der Waals surface area contributed by atoms with Gasteiger partial charge in [-0.2, -0.15) is 0 Å². The van der Waals surface area contributed by atoms with Crippen LogP contribution in [0.15, 0.2) is 24.3 Å². The van der Waals surface area contributed by atoms with Crippen molar-refractivity contribution in [1.29, 1.82) is 5.41 Å². The van der Waals surface area contributed by atoms with E-state index in [0.29, 0.717) is 12.1 Å². The van der Waals surface area contributed by atoms with Gasteiger partial charge >= 0.3 is 11.9 Å². The molecule has 2 aliphatic rings. The van der Waals surface area contributed by atoms with Crippen molar-refractivity contribution in [3.63, 3.8) is 0 Å². The second-order valence-electron chi connectivity index (χ2n) is 9.17. The molecular weight excluding hydrogens is 422 g/mol. The number of piperazine rings is 1. The van der Waals surface area contributed by atoms with Gasteiger partial charge in [-0.15, -0.1) is 0 Å². The predicted molar refractivity (Wildman–Crippen MR) is 128 cm³/mol. The fourth-order valence-corrected chi connectivity index (χ4v) is 6.04. The van der Waals surface area contributed by atoms with Gasteiger partial charge in [-0.05, 0) is 43.5 Å². The summed E-state index contributed by atoms with van der Waals surface area (Å²) < 4.78 is 0. The molecule has 2 aliphatic heterocycles. The van der Waals surface area contributed by atoms with Crippen LogP contribution in [0.1, 0.15) is 45.1 Å². The Morgan fingerprint density at radius 2 is 1.64 bits per heavy atom. The number of anilines is 1. The molecule has 0 amide bonds. The summed E-state index contributed by atoms with van der Waals surface area (Å²) in [6.45, 7) is 8.06. The molecule has 0 radical (unpaired) electrons. The molecule has 2 heterocycles. The number of amidine groups is 1. The number of carboxylic acids is 2. The van der Waals surface area contributed by atoms with Crippen molar-refractivity contribution in [2.45, 2.75) is 51.1 Å².